The van der Waals surface area contributed by atoms with Crippen LogP contribution in [0.1, 0.15) is 0 Å². The largest absolute Gasteiger partial charge is 0.390 e. The smallest absolute Gasteiger partial charge is 0.130 e. The first kappa shape index (κ1) is 9.16. The normalized spacial score (nSPS) is 12.8. The van der Waals surface area contributed by atoms with E-state index < -0.39 is 6.10 Å². The molecule has 0 fully saturated rings. The van der Waals surface area contributed by atoms with E-state index in [0.717, 1.165) is 0 Å². The molecule has 0 aliphatic heterocycles. The molecule has 54 valence electrons. The molecule has 9 heavy (non-hydrogen) atoms. The predicted molar refractivity (Wildman–Crippen MR) is 44.6 cm³/mol. The van der Waals surface area contributed by atoms with Crippen molar-refractivity contribution < 1.29 is 5.11 Å². The second kappa shape index (κ2) is 4.99. The summed E-state index contributed by atoms with van der Waals surface area (Å²) in [5.74, 6) is 0. The Morgan fingerprint density at radius 2 is 2.44 bits per heavy atom. The Labute approximate surface area is 65.0 Å². The van der Waals surface area contributed by atoms with E-state index in [1.165, 1.54) is 0 Å². The molecule has 0 saturated carbocycles. The minimum Gasteiger partial charge on any atom is -0.390 e. The zero-order valence-corrected chi connectivity index (χ0v) is 6.58. The number of nitrogens with two attached hydrogens (primary N) is 1. The number of hydrogen-bond acceptors (Lipinski definition) is 3. The Bertz CT molecular complexity index is 98.6. The molecule has 0 bridgehead atoms. The Morgan fingerprint density at radius 1 is 1.89 bits per heavy atom. The Hall–Kier alpha value is 0.160. The van der Waals surface area contributed by atoms with Crippen molar-refractivity contribution in [3.05, 3.63) is 0 Å². The maximum Gasteiger partial charge on any atom is 0.130 e. The first-order chi connectivity index (χ1) is 4.16. The van der Waals surface area contributed by atoms with Crippen LogP contribution >= 0.6 is 24.8 Å². The van der Waals surface area contributed by atoms with Gasteiger partial charge in [0.2, 0.25) is 0 Å². The van der Waals surface area contributed by atoms with Gasteiger partial charge in [-0.05, 0) is 0 Å². The highest BCUT2D eigenvalue weighted by atomic mass is 32.1. The van der Waals surface area contributed by atoms with E-state index in [-0.39, 0.29) is 6.54 Å². The molecule has 1 unspecified atom stereocenters. The van der Waals surface area contributed by atoms with Crippen molar-refractivity contribution in [3.8, 4) is 0 Å². The molecule has 0 aliphatic carbocycles. The third-order valence-corrected chi connectivity index (χ3v) is 1.06. The molecule has 0 heterocycles. The summed E-state index contributed by atoms with van der Waals surface area (Å²) in [4.78, 5) is 0. The molecule has 0 aromatic heterocycles. The van der Waals surface area contributed by atoms with E-state index in [0.29, 0.717) is 10.9 Å². The lowest BCUT2D eigenvalue weighted by molar-refractivity contribution is 0.186. The second-order valence-corrected chi connectivity index (χ2v) is 2.73. The average molecular weight is 166 g/mol. The molecule has 3 nitrogen and oxygen atoms in total. The first-order valence-corrected chi connectivity index (χ1v) is 3.37. The summed E-state index contributed by atoms with van der Waals surface area (Å²) in [6, 6.07) is 0. The van der Waals surface area contributed by atoms with Crippen LogP contribution < -0.4 is 11.1 Å². The number of rotatable bonds is 3. The SMILES string of the molecule is NCC(O)CNC(=S)S. The van der Waals surface area contributed by atoms with E-state index in [2.05, 4.69) is 30.2 Å². The quantitative estimate of drug-likeness (QED) is 0.324. The minimum atomic E-state index is -0.532. The van der Waals surface area contributed by atoms with Crippen LogP contribution in [0.3, 0.4) is 0 Å². The molecule has 4 N–H and O–H groups in total. The summed E-state index contributed by atoms with van der Waals surface area (Å²) in [5.41, 5.74) is 5.10. The van der Waals surface area contributed by atoms with Crippen LogP contribution in [0, 0.1) is 0 Å². The van der Waals surface area contributed by atoms with Crippen LogP contribution in [-0.4, -0.2) is 28.6 Å². The van der Waals surface area contributed by atoms with Crippen LogP contribution in [0.2, 0.25) is 0 Å². The molecule has 1 atom stereocenters. The highest BCUT2D eigenvalue weighted by molar-refractivity contribution is 8.11. The fraction of sp³-hybridized carbons (Fsp3) is 0.750. The van der Waals surface area contributed by atoms with E-state index >= 15 is 0 Å². The summed E-state index contributed by atoms with van der Waals surface area (Å²) < 4.78 is 0.377. The summed E-state index contributed by atoms with van der Waals surface area (Å²) in [5, 5.41) is 11.5. The minimum absolute atomic E-state index is 0.239. The zero-order chi connectivity index (χ0) is 7.28. The van der Waals surface area contributed by atoms with Crippen molar-refractivity contribution in [2.75, 3.05) is 13.1 Å². The maximum absolute atomic E-state index is 8.83. The third kappa shape index (κ3) is 6.04. The van der Waals surface area contributed by atoms with Crippen LogP contribution in [0.15, 0.2) is 0 Å². The van der Waals surface area contributed by atoms with Gasteiger partial charge in [0, 0.05) is 13.1 Å². The van der Waals surface area contributed by atoms with Gasteiger partial charge in [0.15, 0.2) is 0 Å². The summed E-state index contributed by atoms with van der Waals surface area (Å²) in [6.45, 7) is 0.613. The van der Waals surface area contributed by atoms with Crippen LogP contribution in [0.25, 0.3) is 0 Å². The van der Waals surface area contributed by atoms with Gasteiger partial charge < -0.3 is 16.2 Å². The molecule has 0 rings (SSSR count). The van der Waals surface area contributed by atoms with E-state index in [9.17, 15) is 0 Å². The predicted octanol–water partition coefficient (Wildman–Crippen LogP) is -0.890. The molecule has 0 saturated heterocycles. The number of thiol groups is 1. The highest BCUT2D eigenvalue weighted by Gasteiger charge is 1.98. The standard InChI is InChI=1S/C4H10N2OS2/c5-1-3(7)2-6-4(8)9/h3,7H,1-2,5H2,(H2,6,8,9). The van der Waals surface area contributed by atoms with Gasteiger partial charge >= 0.3 is 0 Å². The molecular weight excluding hydrogens is 156 g/mol. The molecule has 0 aromatic rings. The summed E-state index contributed by atoms with van der Waals surface area (Å²) in [6.07, 6.45) is -0.532. The van der Waals surface area contributed by atoms with E-state index in [1.807, 2.05) is 0 Å². The van der Waals surface area contributed by atoms with Crippen molar-refractivity contribution in [1.29, 1.82) is 0 Å². The lowest BCUT2D eigenvalue weighted by Crippen LogP contribution is -2.33. The number of thiocarbonyl (C=S) groups is 1. The van der Waals surface area contributed by atoms with E-state index in [1.54, 1.807) is 0 Å². The summed E-state index contributed by atoms with van der Waals surface area (Å²) >= 11 is 8.34. The monoisotopic (exact) mass is 166 g/mol. The number of hydrogen-bond donors (Lipinski definition) is 4. The van der Waals surface area contributed by atoms with Gasteiger partial charge in [-0.1, -0.05) is 12.2 Å². The van der Waals surface area contributed by atoms with Gasteiger partial charge in [-0.2, -0.15) is 0 Å². The molecular formula is C4H10N2OS2. The molecule has 5 heteroatoms. The van der Waals surface area contributed by atoms with Crippen molar-refractivity contribution >= 4 is 29.2 Å². The van der Waals surface area contributed by atoms with Gasteiger partial charge in [0.05, 0.1) is 6.10 Å². The molecule has 0 spiro atoms. The van der Waals surface area contributed by atoms with Crippen LogP contribution in [0.5, 0.6) is 0 Å². The van der Waals surface area contributed by atoms with Crippen LogP contribution in [-0.2, 0) is 0 Å². The Kier molecular flexibility index (Phi) is 5.07. The number of aliphatic hydroxyl groups is 1. The molecule has 0 aromatic carbocycles. The zero-order valence-electron chi connectivity index (χ0n) is 4.87. The summed E-state index contributed by atoms with van der Waals surface area (Å²) in [7, 11) is 0. The highest BCUT2D eigenvalue weighted by Crippen LogP contribution is 1.79. The Morgan fingerprint density at radius 3 is 2.78 bits per heavy atom. The first-order valence-electron chi connectivity index (χ1n) is 2.51. The lowest BCUT2D eigenvalue weighted by Gasteiger charge is -2.07. The fourth-order valence-electron chi connectivity index (χ4n) is 0.288. The van der Waals surface area contributed by atoms with Crippen LogP contribution in [0.4, 0.5) is 0 Å². The Balaban J connectivity index is 3.16. The molecule has 0 aliphatic rings. The topological polar surface area (TPSA) is 58.3 Å². The van der Waals surface area contributed by atoms with Gasteiger partial charge in [-0.25, -0.2) is 0 Å². The third-order valence-electron chi connectivity index (χ3n) is 0.761. The maximum atomic E-state index is 8.83. The van der Waals surface area contributed by atoms with Gasteiger partial charge in [0.25, 0.3) is 0 Å². The van der Waals surface area contributed by atoms with Crippen molar-refractivity contribution in [2.24, 2.45) is 5.73 Å². The van der Waals surface area contributed by atoms with Gasteiger partial charge in [0.1, 0.15) is 4.32 Å². The van der Waals surface area contributed by atoms with Crippen molar-refractivity contribution in [3.63, 3.8) is 0 Å². The van der Waals surface area contributed by atoms with E-state index in [4.69, 9.17) is 10.8 Å². The number of aliphatic hydroxyl groups excluding tert-OH is 1. The van der Waals surface area contributed by atoms with Crippen molar-refractivity contribution in [1.82, 2.24) is 5.32 Å². The lowest BCUT2D eigenvalue weighted by atomic mass is 10.4. The fourth-order valence-corrected chi connectivity index (χ4v) is 0.463. The average Bonchev–Trinajstić information content (AvgIpc) is 1.83. The van der Waals surface area contributed by atoms with Crippen molar-refractivity contribution in [2.45, 2.75) is 6.10 Å². The molecule has 0 radical (unpaired) electrons. The second-order valence-electron chi connectivity index (χ2n) is 1.58. The number of nitrogens with one attached hydrogen (secondary N) is 1. The molecule has 0 amide bonds. The van der Waals surface area contributed by atoms with Gasteiger partial charge in [-0.15, -0.1) is 12.6 Å². The van der Waals surface area contributed by atoms with Gasteiger partial charge in [-0.3, -0.25) is 0 Å².